The molecule has 0 amide bonds. The average molecular weight is 332 g/mol. The summed E-state index contributed by atoms with van der Waals surface area (Å²) in [6, 6.07) is 3.52. The first-order valence-corrected chi connectivity index (χ1v) is 8.01. The molecule has 8 heteroatoms. The lowest BCUT2D eigenvalue weighted by molar-refractivity contribution is -0.393. The maximum absolute atomic E-state index is 11.2. The van der Waals surface area contributed by atoms with Crippen LogP contribution in [0.3, 0.4) is 0 Å². The van der Waals surface area contributed by atoms with Crippen molar-refractivity contribution in [2.24, 2.45) is 28.3 Å². The molecule has 0 aliphatic heterocycles. The van der Waals surface area contributed by atoms with Crippen molar-refractivity contribution < 1.29 is 9.85 Å². The van der Waals surface area contributed by atoms with Gasteiger partial charge in [-0.1, -0.05) is 20.8 Å². The minimum atomic E-state index is -0.651. The Balaban J connectivity index is 1.82. The predicted octanol–water partition coefficient (Wildman–Crippen LogP) is 3.97. The molecule has 1 aromatic rings. The maximum atomic E-state index is 11.2. The molecule has 0 radical (unpaired) electrons. The van der Waals surface area contributed by atoms with Gasteiger partial charge in [-0.25, -0.2) is 0 Å². The Hall–Kier alpha value is -2.51. The Labute approximate surface area is 139 Å². The molecule has 3 atom stereocenters. The number of nitrogens with zero attached hydrogens (tertiary/aromatic N) is 3. The highest BCUT2D eigenvalue weighted by Gasteiger charge is 2.63. The van der Waals surface area contributed by atoms with Crippen LogP contribution in [0.15, 0.2) is 23.3 Å². The molecule has 1 N–H and O–H groups in total. The molecular formula is C16H20N4O4. The van der Waals surface area contributed by atoms with Gasteiger partial charge in [0.2, 0.25) is 0 Å². The third kappa shape index (κ3) is 2.51. The minimum Gasteiger partial charge on any atom is -0.272 e. The second kappa shape index (κ2) is 5.54. The Kier molecular flexibility index (Phi) is 3.77. The molecule has 2 fully saturated rings. The number of nitro benzene ring substituents is 2. The molecule has 1 aromatic carbocycles. The zero-order chi connectivity index (χ0) is 17.6. The van der Waals surface area contributed by atoms with Crippen molar-refractivity contribution >= 4 is 22.8 Å². The summed E-state index contributed by atoms with van der Waals surface area (Å²) in [5, 5.41) is 26.3. The Morgan fingerprint density at radius 3 is 2.54 bits per heavy atom. The van der Waals surface area contributed by atoms with Gasteiger partial charge in [-0.2, -0.15) is 5.10 Å². The van der Waals surface area contributed by atoms with E-state index in [0.29, 0.717) is 23.2 Å². The van der Waals surface area contributed by atoms with Crippen LogP contribution in [-0.4, -0.2) is 15.6 Å². The number of rotatable bonds is 5. The van der Waals surface area contributed by atoms with Crippen LogP contribution in [0.5, 0.6) is 0 Å². The van der Waals surface area contributed by atoms with Gasteiger partial charge in [0.25, 0.3) is 5.69 Å². The minimum absolute atomic E-state index is 0.171. The number of anilines is 1. The van der Waals surface area contributed by atoms with Gasteiger partial charge in [0.15, 0.2) is 0 Å². The lowest BCUT2D eigenvalue weighted by Gasteiger charge is -2.16. The van der Waals surface area contributed by atoms with Crippen LogP contribution in [0, 0.1) is 43.4 Å². The van der Waals surface area contributed by atoms with Gasteiger partial charge in [-0.3, -0.25) is 25.7 Å². The fraction of sp³-hybridized carbons (Fsp3) is 0.562. The number of hydrogen-bond donors (Lipinski definition) is 1. The molecule has 128 valence electrons. The summed E-state index contributed by atoms with van der Waals surface area (Å²) in [7, 11) is 0. The van der Waals surface area contributed by atoms with E-state index < -0.39 is 9.85 Å². The van der Waals surface area contributed by atoms with Crippen LogP contribution < -0.4 is 5.43 Å². The van der Waals surface area contributed by atoms with Crippen molar-refractivity contribution in [3.8, 4) is 0 Å². The van der Waals surface area contributed by atoms with E-state index in [-0.39, 0.29) is 17.1 Å². The van der Waals surface area contributed by atoms with Gasteiger partial charge in [-0.05, 0) is 42.1 Å². The van der Waals surface area contributed by atoms with Crippen LogP contribution in [0.1, 0.15) is 33.6 Å². The second-order valence-corrected chi connectivity index (χ2v) is 7.09. The normalized spacial score (nSPS) is 29.6. The Bertz CT molecular complexity index is 746. The predicted molar refractivity (Wildman–Crippen MR) is 90.0 cm³/mol. The van der Waals surface area contributed by atoms with Crippen molar-refractivity contribution in [1.29, 1.82) is 0 Å². The summed E-state index contributed by atoms with van der Waals surface area (Å²) in [6.45, 7) is 6.60. The monoisotopic (exact) mass is 332 g/mol. The average Bonchev–Trinajstić information content (AvgIpc) is 3.19. The summed E-state index contributed by atoms with van der Waals surface area (Å²) < 4.78 is 0. The fourth-order valence-corrected chi connectivity index (χ4v) is 3.98. The first-order valence-electron chi connectivity index (χ1n) is 8.01. The number of hydrazone groups is 1. The van der Waals surface area contributed by atoms with Crippen molar-refractivity contribution in [3.05, 3.63) is 38.4 Å². The van der Waals surface area contributed by atoms with Crippen LogP contribution in [0.2, 0.25) is 0 Å². The SMILES string of the molecule is CC1/C(=N\Nc2ccc([N+](=O)[O-])cc2[N+](=O)[O-])CC2(C(C)C)CC12. The summed E-state index contributed by atoms with van der Waals surface area (Å²) in [6.07, 6.45) is 2.13. The highest BCUT2D eigenvalue weighted by Crippen LogP contribution is 2.68. The standard InChI is InChI=1S/C16H20N4O4/c1-9(2)16-7-12(16)10(3)14(8-16)18-17-13-5-4-11(19(21)22)6-15(13)20(23)24/h4-6,9-10,12,17H,7-8H2,1-3H3/b18-14-. The highest BCUT2D eigenvalue weighted by atomic mass is 16.6. The zero-order valence-electron chi connectivity index (χ0n) is 13.9. The lowest BCUT2D eigenvalue weighted by atomic mass is 9.90. The molecule has 0 saturated heterocycles. The number of hydrogen-bond acceptors (Lipinski definition) is 6. The molecular weight excluding hydrogens is 312 g/mol. The molecule has 2 saturated carbocycles. The van der Waals surface area contributed by atoms with Crippen molar-refractivity contribution in [3.63, 3.8) is 0 Å². The van der Waals surface area contributed by atoms with E-state index in [1.54, 1.807) is 0 Å². The molecule has 2 aliphatic rings. The second-order valence-electron chi connectivity index (χ2n) is 7.09. The number of nitro groups is 2. The fourth-order valence-electron chi connectivity index (χ4n) is 3.98. The van der Waals surface area contributed by atoms with E-state index >= 15 is 0 Å². The largest absolute Gasteiger partial charge is 0.301 e. The summed E-state index contributed by atoms with van der Waals surface area (Å²) in [5.41, 5.74) is 3.62. The molecule has 0 bridgehead atoms. The summed E-state index contributed by atoms with van der Waals surface area (Å²) >= 11 is 0. The third-order valence-corrected chi connectivity index (χ3v) is 5.68. The van der Waals surface area contributed by atoms with Gasteiger partial charge in [0.05, 0.1) is 15.9 Å². The van der Waals surface area contributed by atoms with E-state index in [1.165, 1.54) is 18.6 Å². The molecule has 0 spiro atoms. The van der Waals surface area contributed by atoms with Crippen LogP contribution in [-0.2, 0) is 0 Å². The van der Waals surface area contributed by atoms with Gasteiger partial charge in [-0.15, -0.1) is 0 Å². The van der Waals surface area contributed by atoms with Gasteiger partial charge in [0.1, 0.15) is 5.69 Å². The van der Waals surface area contributed by atoms with Crippen molar-refractivity contribution in [2.45, 2.75) is 33.6 Å². The Morgan fingerprint density at radius 1 is 1.29 bits per heavy atom. The number of fused-ring (bicyclic) bond motifs is 1. The Morgan fingerprint density at radius 2 is 2.00 bits per heavy atom. The number of nitrogens with one attached hydrogen (secondary N) is 1. The molecule has 8 nitrogen and oxygen atoms in total. The van der Waals surface area contributed by atoms with Crippen LogP contribution in [0.4, 0.5) is 17.1 Å². The van der Waals surface area contributed by atoms with E-state index in [1.807, 2.05) is 0 Å². The molecule has 2 aliphatic carbocycles. The van der Waals surface area contributed by atoms with Crippen molar-refractivity contribution in [2.75, 3.05) is 5.43 Å². The van der Waals surface area contributed by atoms with Crippen LogP contribution >= 0.6 is 0 Å². The number of non-ortho nitro benzene ring substituents is 1. The van der Waals surface area contributed by atoms with Crippen LogP contribution in [0.25, 0.3) is 0 Å². The first-order chi connectivity index (χ1) is 11.3. The topological polar surface area (TPSA) is 111 Å². The zero-order valence-corrected chi connectivity index (χ0v) is 13.9. The smallest absolute Gasteiger partial charge is 0.272 e. The molecule has 0 heterocycles. The highest BCUT2D eigenvalue weighted by molar-refractivity contribution is 5.92. The summed E-state index contributed by atoms with van der Waals surface area (Å²) in [5.74, 6) is 1.59. The van der Waals surface area contributed by atoms with Gasteiger partial charge >= 0.3 is 5.69 Å². The van der Waals surface area contributed by atoms with E-state index in [2.05, 4.69) is 31.3 Å². The molecule has 3 rings (SSSR count). The third-order valence-electron chi connectivity index (χ3n) is 5.68. The summed E-state index contributed by atoms with van der Waals surface area (Å²) in [4.78, 5) is 20.6. The number of benzene rings is 1. The van der Waals surface area contributed by atoms with E-state index in [9.17, 15) is 20.2 Å². The maximum Gasteiger partial charge on any atom is 0.301 e. The lowest BCUT2D eigenvalue weighted by Crippen LogP contribution is -2.13. The molecule has 3 unspecified atom stereocenters. The molecule has 24 heavy (non-hydrogen) atoms. The molecule has 0 aromatic heterocycles. The van der Waals surface area contributed by atoms with Gasteiger partial charge in [0, 0.05) is 11.8 Å². The van der Waals surface area contributed by atoms with Crippen molar-refractivity contribution in [1.82, 2.24) is 0 Å². The van der Waals surface area contributed by atoms with Gasteiger partial charge < -0.3 is 0 Å². The quantitative estimate of drug-likeness (QED) is 0.647. The first kappa shape index (κ1) is 16.4. The van der Waals surface area contributed by atoms with E-state index in [4.69, 9.17) is 0 Å². The van der Waals surface area contributed by atoms with E-state index in [0.717, 1.165) is 18.2 Å².